The van der Waals surface area contributed by atoms with Crippen molar-refractivity contribution in [1.29, 1.82) is 0 Å². The fourth-order valence-electron chi connectivity index (χ4n) is 3.68. The summed E-state index contributed by atoms with van der Waals surface area (Å²) in [6, 6.07) is 1.82. The van der Waals surface area contributed by atoms with Gasteiger partial charge in [-0.3, -0.25) is 4.79 Å². The predicted molar refractivity (Wildman–Crippen MR) is 89.8 cm³/mol. The van der Waals surface area contributed by atoms with Crippen molar-refractivity contribution < 1.29 is 4.79 Å². The van der Waals surface area contributed by atoms with E-state index in [0.717, 1.165) is 12.8 Å². The molecule has 124 valence electrons. The average Bonchev–Trinajstić information content (AvgIpc) is 2.73. The summed E-state index contributed by atoms with van der Waals surface area (Å²) in [5.41, 5.74) is 0.637. The SMILES string of the molecule is CC1(C)CC(NC(=O)c2nn3cccnc3c2Cl)CC(C)(C)N1. The van der Waals surface area contributed by atoms with Gasteiger partial charge in [-0.2, -0.15) is 5.10 Å². The molecule has 1 amide bonds. The molecule has 3 rings (SSSR count). The Labute approximate surface area is 140 Å². The van der Waals surface area contributed by atoms with Crippen molar-refractivity contribution in [1.82, 2.24) is 25.2 Å². The Morgan fingerprint density at radius 2 is 2.00 bits per heavy atom. The smallest absolute Gasteiger partial charge is 0.273 e. The van der Waals surface area contributed by atoms with Crippen LogP contribution in [0.1, 0.15) is 51.0 Å². The molecule has 1 aliphatic rings. The maximum atomic E-state index is 12.6. The van der Waals surface area contributed by atoms with Gasteiger partial charge in [0.25, 0.3) is 5.91 Å². The van der Waals surface area contributed by atoms with Gasteiger partial charge in [0.1, 0.15) is 5.02 Å². The monoisotopic (exact) mass is 335 g/mol. The molecule has 0 aromatic carbocycles. The second-order valence-corrected chi connectivity index (χ2v) is 7.90. The molecule has 7 heteroatoms. The first kappa shape index (κ1) is 16.2. The molecule has 0 saturated carbocycles. The number of piperidine rings is 1. The van der Waals surface area contributed by atoms with Gasteiger partial charge in [-0.05, 0) is 46.6 Å². The molecule has 0 aliphatic carbocycles. The third-order valence-electron chi connectivity index (χ3n) is 4.08. The van der Waals surface area contributed by atoms with Crippen LogP contribution in [-0.4, -0.2) is 37.6 Å². The van der Waals surface area contributed by atoms with E-state index < -0.39 is 0 Å². The van der Waals surface area contributed by atoms with Gasteiger partial charge >= 0.3 is 0 Å². The Morgan fingerprint density at radius 1 is 1.35 bits per heavy atom. The van der Waals surface area contributed by atoms with Crippen LogP contribution in [0.25, 0.3) is 5.65 Å². The van der Waals surface area contributed by atoms with Crippen molar-refractivity contribution >= 4 is 23.2 Å². The summed E-state index contributed by atoms with van der Waals surface area (Å²) in [5, 5.41) is 11.2. The molecule has 2 N–H and O–H groups in total. The quantitative estimate of drug-likeness (QED) is 0.884. The number of aromatic nitrogens is 3. The molecule has 0 bridgehead atoms. The van der Waals surface area contributed by atoms with E-state index in [2.05, 4.69) is 48.4 Å². The zero-order valence-corrected chi connectivity index (χ0v) is 14.6. The highest BCUT2D eigenvalue weighted by Crippen LogP contribution is 2.29. The number of nitrogens with zero attached hydrogens (tertiary/aromatic N) is 3. The predicted octanol–water partition coefficient (Wildman–Crippen LogP) is 2.42. The molecule has 6 nitrogen and oxygen atoms in total. The van der Waals surface area contributed by atoms with Crippen molar-refractivity contribution in [3.8, 4) is 0 Å². The summed E-state index contributed by atoms with van der Waals surface area (Å²) in [7, 11) is 0. The molecular weight excluding hydrogens is 314 g/mol. The number of halogens is 1. The highest BCUT2D eigenvalue weighted by Gasteiger charge is 2.38. The maximum absolute atomic E-state index is 12.6. The van der Waals surface area contributed by atoms with Gasteiger partial charge in [-0.15, -0.1) is 0 Å². The Balaban J connectivity index is 1.82. The summed E-state index contributed by atoms with van der Waals surface area (Å²) in [6.07, 6.45) is 5.06. The van der Waals surface area contributed by atoms with Gasteiger partial charge in [-0.1, -0.05) is 11.6 Å². The van der Waals surface area contributed by atoms with Crippen LogP contribution in [0, 0.1) is 0 Å². The molecule has 1 fully saturated rings. The molecule has 0 unspecified atom stereocenters. The van der Waals surface area contributed by atoms with E-state index in [0.29, 0.717) is 5.65 Å². The van der Waals surface area contributed by atoms with Crippen LogP contribution in [0.4, 0.5) is 0 Å². The highest BCUT2D eigenvalue weighted by atomic mass is 35.5. The zero-order valence-electron chi connectivity index (χ0n) is 13.9. The van der Waals surface area contributed by atoms with E-state index in [1.54, 1.807) is 18.5 Å². The molecule has 1 saturated heterocycles. The zero-order chi connectivity index (χ0) is 16.8. The molecule has 2 aromatic rings. The fraction of sp³-hybridized carbons (Fsp3) is 0.562. The van der Waals surface area contributed by atoms with E-state index in [9.17, 15) is 4.79 Å². The number of fused-ring (bicyclic) bond motifs is 1. The Hall–Kier alpha value is -1.66. The third-order valence-corrected chi connectivity index (χ3v) is 4.43. The van der Waals surface area contributed by atoms with Crippen LogP contribution in [-0.2, 0) is 0 Å². The van der Waals surface area contributed by atoms with Crippen molar-refractivity contribution in [2.24, 2.45) is 0 Å². The second kappa shape index (κ2) is 5.46. The first-order valence-electron chi connectivity index (χ1n) is 7.76. The minimum absolute atomic E-state index is 0.0377. The van der Waals surface area contributed by atoms with Crippen molar-refractivity contribution in [2.75, 3.05) is 0 Å². The standard InChI is InChI=1S/C16H22ClN5O/c1-15(2)8-10(9-16(3,4)21-15)19-14(23)12-11(17)13-18-6-5-7-22(13)20-12/h5-7,10,21H,8-9H2,1-4H3,(H,19,23). The summed E-state index contributed by atoms with van der Waals surface area (Å²) in [5.74, 6) is -0.251. The lowest BCUT2D eigenvalue weighted by Gasteiger charge is -2.46. The van der Waals surface area contributed by atoms with Crippen LogP contribution in [0.2, 0.25) is 5.02 Å². The first-order valence-corrected chi connectivity index (χ1v) is 8.14. The number of hydrogen-bond donors (Lipinski definition) is 2. The van der Waals surface area contributed by atoms with Gasteiger partial charge in [0, 0.05) is 29.5 Å². The van der Waals surface area contributed by atoms with Crippen molar-refractivity contribution in [3.05, 3.63) is 29.2 Å². The number of carbonyl (C=O) groups is 1. The van der Waals surface area contributed by atoms with E-state index >= 15 is 0 Å². The fourth-order valence-corrected chi connectivity index (χ4v) is 3.94. The third kappa shape index (κ3) is 3.33. The van der Waals surface area contributed by atoms with Crippen LogP contribution in [0.3, 0.4) is 0 Å². The summed E-state index contributed by atoms with van der Waals surface area (Å²) >= 11 is 6.26. The minimum Gasteiger partial charge on any atom is -0.348 e. The van der Waals surface area contributed by atoms with E-state index in [-0.39, 0.29) is 33.7 Å². The van der Waals surface area contributed by atoms with Crippen LogP contribution in [0.15, 0.2) is 18.5 Å². The number of rotatable bonds is 2. The Kier molecular flexibility index (Phi) is 3.84. The van der Waals surface area contributed by atoms with E-state index in [4.69, 9.17) is 11.6 Å². The van der Waals surface area contributed by atoms with Gasteiger partial charge in [0.15, 0.2) is 11.3 Å². The van der Waals surface area contributed by atoms with Gasteiger partial charge < -0.3 is 10.6 Å². The Morgan fingerprint density at radius 3 is 2.61 bits per heavy atom. The topological polar surface area (TPSA) is 71.3 Å². The number of hydrogen-bond acceptors (Lipinski definition) is 4. The molecule has 3 heterocycles. The molecular formula is C16H22ClN5O. The molecule has 1 aliphatic heterocycles. The number of nitrogens with one attached hydrogen (secondary N) is 2. The summed E-state index contributed by atoms with van der Waals surface area (Å²) in [6.45, 7) is 8.59. The van der Waals surface area contributed by atoms with E-state index in [1.165, 1.54) is 4.52 Å². The molecule has 23 heavy (non-hydrogen) atoms. The first-order chi connectivity index (χ1) is 10.7. The lowest BCUT2D eigenvalue weighted by molar-refractivity contribution is 0.0868. The Bertz CT molecular complexity index is 736. The molecule has 0 spiro atoms. The van der Waals surface area contributed by atoms with Crippen LogP contribution in [0.5, 0.6) is 0 Å². The lowest BCUT2D eigenvalue weighted by atomic mass is 9.79. The molecule has 0 radical (unpaired) electrons. The molecule has 0 atom stereocenters. The van der Waals surface area contributed by atoms with Crippen molar-refractivity contribution in [3.63, 3.8) is 0 Å². The lowest BCUT2D eigenvalue weighted by Crippen LogP contribution is -2.62. The highest BCUT2D eigenvalue weighted by molar-refractivity contribution is 6.36. The van der Waals surface area contributed by atoms with Crippen molar-refractivity contribution in [2.45, 2.75) is 57.7 Å². The normalized spacial score (nSPS) is 20.6. The van der Waals surface area contributed by atoms with Gasteiger partial charge in [0.2, 0.25) is 0 Å². The molecule has 2 aromatic heterocycles. The van der Waals surface area contributed by atoms with Crippen LogP contribution < -0.4 is 10.6 Å². The summed E-state index contributed by atoms with van der Waals surface area (Å²) < 4.78 is 1.52. The number of carbonyl (C=O) groups excluding carboxylic acids is 1. The maximum Gasteiger partial charge on any atom is 0.273 e. The average molecular weight is 336 g/mol. The summed E-state index contributed by atoms with van der Waals surface area (Å²) in [4.78, 5) is 16.8. The largest absolute Gasteiger partial charge is 0.348 e. The van der Waals surface area contributed by atoms with Gasteiger partial charge in [-0.25, -0.2) is 9.50 Å². The number of amides is 1. The second-order valence-electron chi connectivity index (χ2n) is 7.52. The van der Waals surface area contributed by atoms with E-state index in [1.807, 2.05) is 0 Å². The van der Waals surface area contributed by atoms with Gasteiger partial charge in [0.05, 0.1) is 0 Å². The van der Waals surface area contributed by atoms with Crippen LogP contribution >= 0.6 is 11.6 Å². The minimum atomic E-state index is -0.251.